The quantitative estimate of drug-likeness (QED) is 0.555. The second kappa shape index (κ2) is 5.85. The van der Waals surface area contributed by atoms with Crippen LogP contribution in [0.1, 0.15) is 11.1 Å². The molecule has 0 radical (unpaired) electrons. The molecule has 0 fully saturated rings. The maximum Gasteiger partial charge on any atom is 0.291 e. The van der Waals surface area contributed by atoms with Crippen LogP contribution in [0.15, 0.2) is 53.3 Å². The number of benzene rings is 2. The summed E-state index contributed by atoms with van der Waals surface area (Å²) >= 11 is 7.31. The summed E-state index contributed by atoms with van der Waals surface area (Å²) in [7, 11) is 0. The summed E-state index contributed by atoms with van der Waals surface area (Å²) in [6, 6.07) is 15.3. The molecule has 0 N–H and O–H groups in total. The topological polar surface area (TPSA) is 47.3 Å². The molecule has 2 aromatic carbocycles. The van der Waals surface area contributed by atoms with Crippen molar-refractivity contribution in [2.24, 2.45) is 0 Å². The predicted molar refractivity (Wildman–Crippen MR) is 97.5 cm³/mol. The summed E-state index contributed by atoms with van der Waals surface area (Å²) in [4.78, 5) is 17.6. The lowest BCUT2D eigenvalue weighted by atomic mass is 10.1. The minimum absolute atomic E-state index is 0.165. The standard InChI is InChI=1S/C18H12ClN3OS/c1-11-4-2-6-13(8-11)16-20-18-22(21-16)17(23)15(24-18)10-12-5-3-7-14(19)9-12/h2-10H,1H3. The molecule has 4 aromatic rings. The molecule has 118 valence electrons. The Balaban J connectivity index is 1.83. The van der Waals surface area contributed by atoms with E-state index >= 15 is 0 Å². The van der Waals surface area contributed by atoms with Crippen LogP contribution >= 0.6 is 22.9 Å². The van der Waals surface area contributed by atoms with Gasteiger partial charge in [-0.3, -0.25) is 4.79 Å². The van der Waals surface area contributed by atoms with E-state index in [9.17, 15) is 4.79 Å². The van der Waals surface area contributed by atoms with Gasteiger partial charge >= 0.3 is 0 Å². The Labute approximate surface area is 146 Å². The minimum atomic E-state index is -0.165. The van der Waals surface area contributed by atoms with Crippen molar-refractivity contribution in [2.45, 2.75) is 6.92 Å². The Kier molecular flexibility index (Phi) is 3.67. The summed E-state index contributed by atoms with van der Waals surface area (Å²) in [5, 5.41) is 5.00. The zero-order valence-corrected chi connectivity index (χ0v) is 14.3. The molecule has 24 heavy (non-hydrogen) atoms. The lowest BCUT2D eigenvalue weighted by molar-refractivity contribution is 0.936. The normalized spacial score (nSPS) is 12.2. The average molecular weight is 354 g/mol. The summed E-state index contributed by atoms with van der Waals surface area (Å²) < 4.78 is 1.95. The smallest absolute Gasteiger partial charge is 0.266 e. The first-order valence-corrected chi connectivity index (χ1v) is 8.53. The fourth-order valence-corrected chi connectivity index (χ4v) is 3.59. The van der Waals surface area contributed by atoms with Crippen LogP contribution in [0, 0.1) is 6.92 Å². The van der Waals surface area contributed by atoms with Crippen LogP contribution in [-0.4, -0.2) is 14.6 Å². The van der Waals surface area contributed by atoms with E-state index in [0.717, 1.165) is 16.7 Å². The molecule has 0 saturated heterocycles. The van der Waals surface area contributed by atoms with Gasteiger partial charge in [0.25, 0.3) is 5.56 Å². The van der Waals surface area contributed by atoms with Gasteiger partial charge in [-0.15, -0.1) is 5.10 Å². The highest BCUT2D eigenvalue weighted by Crippen LogP contribution is 2.17. The third-order valence-corrected chi connectivity index (χ3v) is 4.80. The average Bonchev–Trinajstić information content (AvgIpc) is 3.08. The van der Waals surface area contributed by atoms with Crippen LogP contribution in [0.2, 0.25) is 5.02 Å². The largest absolute Gasteiger partial charge is 0.291 e. The number of aromatic nitrogens is 3. The molecule has 6 heteroatoms. The highest BCUT2D eigenvalue weighted by Gasteiger charge is 2.11. The SMILES string of the molecule is Cc1cccc(-c2nc3sc(=Cc4cccc(Cl)c4)c(=O)n3n2)c1. The Bertz CT molecular complexity index is 1160. The van der Waals surface area contributed by atoms with Crippen molar-refractivity contribution in [1.82, 2.24) is 14.6 Å². The molecule has 2 heterocycles. The molecular weight excluding hydrogens is 342 g/mol. The first-order chi connectivity index (χ1) is 11.6. The van der Waals surface area contributed by atoms with Crippen molar-refractivity contribution in [3.63, 3.8) is 0 Å². The number of nitrogens with zero attached hydrogens (tertiary/aromatic N) is 3. The van der Waals surface area contributed by atoms with Gasteiger partial charge in [-0.25, -0.2) is 0 Å². The fraction of sp³-hybridized carbons (Fsp3) is 0.0556. The van der Waals surface area contributed by atoms with Crippen LogP contribution in [0.25, 0.3) is 22.4 Å². The first-order valence-electron chi connectivity index (χ1n) is 7.34. The Morgan fingerprint density at radius 3 is 2.75 bits per heavy atom. The molecule has 0 aliphatic rings. The molecule has 4 rings (SSSR count). The van der Waals surface area contributed by atoms with E-state index in [2.05, 4.69) is 10.1 Å². The number of rotatable bonds is 2. The lowest BCUT2D eigenvalue weighted by Crippen LogP contribution is -2.23. The molecule has 0 bridgehead atoms. The van der Waals surface area contributed by atoms with Crippen LogP contribution in [0.5, 0.6) is 0 Å². The molecule has 0 atom stereocenters. The van der Waals surface area contributed by atoms with E-state index < -0.39 is 0 Å². The Morgan fingerprint density at radius 1 is 1.17 bits per heavy atom. The van der Waals surface area contributed by atoms with E-state index in [1.54, 1.807) is 6.07 Å². The number of thiazole rings is 1. The highest BCUT2D eigenvalue weighted by atomic mass is 35.5. The second-order valence-corrected chi connectivity index (χ2v) is 6.92. The fourth-order valence-electron chi connectivity index (χ4n) is 2.49. The maximum absolute atomic E-state index is 12.5. The summed E-state index contributed by atoms with van der Waals surface area (Å²) in [6.07, 6.45) is 1.81. The van der Waals surface area contributed by atoms with Gasteiger partial charge in [0.2, 0.25) is 4.96 Å². The number of hydrogen-bond donors (Lipinski definition) is 0. The Morgan fingerprint density at radius 2 is 2.00 bits per heavy atom. The molecule has 0 saturated carbocycles. The predicted octanol–water partition coefficient (Wildman–Crippen LogP) is 3.33. The third kappa shape index (κ3) is 2.72. The zero-order chi connectivity index (χ0) is 16.7. The molecule has 0 aliphatic heterocycles. The van der Waals surface area contributed by atoms with Crippen molar-refractivity contribution in [1.29, 1.82) is 0 Å². The van der Waals surface area contributed by atoms with Gasteiger partial charge in [0.1, 0.15) is 0 Å². The Hall–Kier alpha value is -2.50. The van der Waals surface area contributed by atoms with E-state index in [4.69, 9.17) is 11.6 Å². The number of fused-ring (bicyclic) bond motifs is 1. The second-order valence-electron chi connectivity index (χ2n) is 5.47. The van der Waals surface area contributed by atoms with E-state index in [-0.39, 0.29) is 5.56 Å². The van der Waals surface area contributed by atoms with Gasteiger partial charge in [-0.1, -0.05) is 58.8 Å². The lowest BCUT2D eigenvalue weighted by Gasteiger charge is -1.95. The monoisotopic (exact) mass is 353 g/mol. The van der Waals surface area contributed by atoms with Crippen LogP contribution in [0.3, 0.4) is 0 Å². The van der Waals surface area contributed by atoms with Gasteiger partial charge in [0.15, 0.2) is 5.82 Å². The van der Waals surface area contributed by atoms with Gasteiger partial charge in [-0.05, 0) is 36.8 Å². The molecule has 0 spiro atoms. The van der Waals surface area contributed by atoms with Gasteiger partial charge in [0.05, 0.1) is 4.53 Å². The summed E-state index contributed by atoms with van der Waals surface area (Å²) in [5.74, 6) is 0.566. The van der Waals surface area contributed by atoms with Gasteiger partial charge in [-0.2, -0.15) is 9.50 Å². The number of aryl methyl sites for hydroxylation is 1. The van der Waals surface area contributed by atoms with Gasteiger partial charge in [0, 0.05) is 10.6 Å². The number of hydrogen-bond acceptors (Lipinski definition) is 4. The number of halogens is 1. The molecule has 0 unspecified atom stereocenters. The first kappa shape index (κ1) is 15.1. The van der Waals surface area contributed by atoms with Crippen molar-refractivity contribution in [3.05, 3.63) is 79.6 Å². The maximum atomic E-state index is 12.5. The summed E-state index contributed by atoms with van der Waals surface area (Å²) in [6.45, 7) is 2.01. The minimum Gasteiger partial charge on any atom is -0.266 e. The van der Waals surface area contributed by atoms with Crippen LogP contribution in [0.4, 0.5) is 0 Å². The van der Waals surface area contributed by atoms with Gasteiger partial charge < -0.3 is 0 Å². The molecular formula is C18H12ClN3OS. The van der Waals surface area contributed by atoms with Crippen molar-refractivity contribution < 1.29 is 0 Å². The van der Waals surface area contributed by atoms with Crippen molar-refractivity contribution >= 4 is 34.0 Å². The summed E-state index contributed by atoms with van der Waals surface area (Å²) in [5.41, 5.74) is 2.75. The third-order valence-electron chi connectivity index (χ3n) is 3.60. The molecule has 0 amide bonds. The van der Waals surface area contributed by atoms with E-state index in [1.807, 2.05) is 55.5 Å². The zero-order valence-electron chi connectivity index (χ0n) is 12.7. The van der Waals surface area contributed by atoms with Crippen molar-refractivity contribution in [2.75, 3.05) is 0 Å². The molecule has 4 nitrogen and oxygen atoms in total. The van der Waals surface area contributed by atoms with E-state index in [1.165, 1.54) is 15.9 Å². The van der Waals surface area contributed by atoms with Crippen molar-refractivity contribution in [3.8, 4) is 11.4 Å². The van der Waals surface area contributed by atoms with Crippen LogP contribution in [-0.2, 0) is 0 Å². The highest BCUT2D eigenvalue weighted by molar-refractivity contribution is 7.15. The molecule has 2 aromatic heterocycles. The van der Waals surface area contributed by atoms with Crippen LogP contribution < -0.4 is 10.1 Å². The van der Waals surface area contributed by atoms with E-state index in [0.29, 0.717) is 20.3 Å². The molecule has 0 aliphatic carbocycles.